The maximum absolute atomic E-state index is 6.20. The summed E-state index contributed by atoms with van der Waals surface area (Å²) in [5, 5.41) is 5.77. The van der Waals surface area contributed by atoms with Crippen molar-refractivity contribution in [1.29, 1.82) is 0 Å². The predicted molar refractivity (Wildman–Crippen MR) is 108 cm³/mol. The Kier molecular flexibility index (Phi) is 6.25. The fraction of sp³-hybridized carbons (Fsp3) is 0.125. The molecule has 3 rings (SSSR count). The van der Waals surface area contributed by atoms with Gasteiger partial charge in [-0.2, -0.15) is 5.10 Å². The number of nitrogens with one attached hydrogen (secondary N) is 1. The molecule has 0 bridgehead atoms. The number of halogens is 4. The van der Waals surface area contributed by atoms with E-state index in [9.17, 15) is 0 Å². The monoisotopic (exact) mass is 432 g/mol. The Bertz CT molecular complexity index is 866. The molecule has 0 spiro atoms. The second-order valence-electron chi connectivity index (χ2n) is 5.07. The molecule has 0 aliphatic rings. The lowest BCUT2D eigenvalue weighted by Gasteiger charge is -2.10. The molecule has 25 heavy (non-hydrogen) atoms. The number of aryl methyl sites for hydroxylation is 1. The quantitative estimate of drug-likeness (QED) is 0.357. The smallest absolute Gasteiger partial charge is 0.0946 e. The zero-order valence-electron chi connectivity index (χ0n) is 12.7. The van der Waals surface area contributed by atoms with Gasteiger partial charge in [0.15, 0.2) is 0 Å². The average Bonchev–Trinajstić information content (AvgIpc) is 3.20. The van der Waals surface area contributed by atoms with Gasteiger partial charge >= 0.3 is 0 Å². The fourth-order valence-corrected chi connectivity index (χ4v) is 4.09. The number of hydrogen-bond acceptors (Lipinski definition) is 4. The van der Waals surface area contributed by atoms with Crippen LogP contribution in [-0.4, -0.2) is 15.3 Å². The first-order valence-electron chi connectivity index (χ1n) is 7.21. The molecule has 2 heterocycles. The van der Waals surface area contributed by atoms with Gasteiger partial charge in [0.25, 0.3) is 0 Å². The van der Waals surface area contributed by atoms with Gasteiger partial charge in [0.1, 0.15) is 0 Å². The van der Waals surface area contributed by atoms with Gasteiger partial charge in [-0.25, -0.2) is 4.98 Å². The highest BCUT2D eigenvalue weighted by molar-refractivity contribution is 7.18. The molecule has 0 radical (unpaired) electrons. The molecule has 0 saturated carbocycles. The molecule has 0 aliphatic carbocycles. The third-order valence-electron chi connectivity index (χ3n) is 3.33. The number of hydrogen-bond donors (Lipinski definition) is 1. The van der Waals surface area contributed by atoms with Crippen molar-refractivity contribution in [2.24, 2.45) is 5.10 Å². The van der Waals surface area contributed by atoms with Crippen LogP contribution in [0.15, 0.2) is 48.1 Å². The van der Waals surface area contributed by atoms with E-state index in [1.807, 2.05) is 22.9 Å². The van der Waals surface area contributed by atoms with Gasteiger partial charge in [-0.1, -0.05) is 46.4 Å². The highest BCUT2D eigenvalue weighted by Gasteiger charge is 2.11. The van der Waals surface area contributed by atoms with E-state index in [1.54, 1.807) is 24.7 Å². The Morgan fingerprint density at radius 3 is 2.52 bits per heavy atom. The largest absolute Gasteiger partial charge is 0.337 e. The summed E-state index contributed by atoms with van der Waals surface area (Å²) < 4.78 is 2.68. The van der Waals surface area contributed by atoms with Gasteiger partial charge < -0.3 is 4.57 Å². The molecule has 0 unspecified atom stereocenters. The highest BCUT2D eigenvalue weighted by Crippen LogP contribution is 2.34. The molecule has 0 saturated heterocycles. The summed E-state index contributed by atoms with van der Waals surface area (Å²) in [4.78, 5) is 5.01. The SMILES string of the molecule is Clc1cc(Cl)c(N/N=C(/CCn2ccnc2)c2ccc(Cl)s2)c(Cl)c1. The number of nitrogens with zero attached hydrogens (tertiary/aromatic N) is 3. The number of aromatic nitrogens is 2. The zero-order chi connectivity index (χ0) is 17.8. The van der Waals surface area contributed by atoms with Gasteiger partial charge in [0.05, 0.1) is 37.0 Å². The number of anilines is 1. The average molecular weight is 434 g/mol. The summed E-state index contributed by atoms with van der Waals surface area (Å²) in [5.41, 5.74) is 4.30. The van der Waals surface area contributed by atoms with Crippen molar-refractivity contribution < 1.29 is 0 Å². The summed E-state index contributed by atoms with van der Waals surface area (Å²) >= 11 is 25.8. The van der Waals surface area contributed by atoms with E-state index in [-0.39, 0.29) is 0 Å². The van der Waals surface area contributed by atoms with Gasteiger partial charge in [0.2, 0.25) is 0 Å². The minimum Gasteiger partial charge on any atom is -0.337 e. The van der Waals surface area contributed by atoms with E-state index in [4.69, 9.17) is 46.4 Å². The lowest BCUT2D eigenvalue weighted by molar-refractivity contribution is 0.724. The van der Waals surface area contributed by atoms with Crippen LogP contribution >= 0.6 is 57.7 Å². The first-order valence-corrected chi connectivity index (χ1v) is 9.54. The van der Waals surface area contributed by atoms with E-state index < -0.39 is 0 Å². The van der Waals surface area contributed by atoms with Crippen LogP contribution in [0.1, 0.15) is 11.3 Å². The summed E-state index contributed by atoms with van der Waals surface area (Å²) in [6, 6.07) is 7.00. The predicted octanol–water partition coefficient (Wildman–Crippen LogP) is 6.46. The van der Waals surface area contributed by atoms with Crippen molar-refractivity contribution in [2.45, 2.75) is 13.0 Å². The number of benzene rings is 1. The molecular weight excluding hydrogens is 422 g/mol. The highest BCUT2D eigenvalue weighted by atomic mass is 35.5. The van der Waals surface area contributed by atoms with Gasteiger partial charge in [-0.05, 0) is 24.3 Å². The Labute approximate surface area is 169 Å². The molecule has 4 nitrogen and oxygen atoms in total. The summed E-state index contributed by atoms with van der Waals surface area (Å²) in [6.45, 7) is 0.734. The zero-order valence-corrected chi connectivity index (χ0v) is 16.6. The topological polar surface area (TPSA) is 42.2 Å². The lowest BCUT2D eigenvalue weighted by atomic mass is 10.2. The molecule has 0 aliphatic heterocycles. The third-order valence-corrected chi connectivity index (χ3v) is 5.43. The first kappa shape index (κ1) is 18.5. The molecular formula is C16H12Cl4N4S. The van der Waals surface area contributed by atoms with Crippen molar-refractivity contribution in [3.63, 3.8) is 0 Å². The van der Waals surface area contributed by atoms with Gasteiger partial charge in [-0.3, -0.25) is 5.43 Å². The molecule has 1 aromatic carbocycles. The maximum atomic E-state index is 6.20. The van der Waals surface area contributed by atoms with Crippen LogP contribution in [0.25, 0.3) is 0 Å². The van der Waals surface area contributed by atoms with E-state index in [1.165, 1.54) is 11.3 Å². The van der Waals surface area contributed by atoms with Crippen molar-refractivity contribution in [3.05, 3.63) is 67.3 Å². The molecule has 0 amide bonds. The molecule has 2 aromatic heterocycles. The molecule has 0 atom stereocenters. The van der Waals surface area contributed by atoms with Crippen LogP contribution in [0.4, 0.5) is 5.69 Å². The summed E-state index contributed by atoms with van der Waals surface area (Å²) in [7, 11) is 0. The summed E-state index contributed by atoms with van der Waals surface area (Å²) in [6.07, 6.45) is 6.09. The second-order valence-corrected chi connectivity index (χ2v) is 8.03. The summed E-state index contributed by atoms with van der Waals surface area (Å²) in [5.74, 6) is 0. The van der Waals surface area contributed by atoms with Crippen LogP contribution in [0.2, 0.25) is 19.4 Å². The number of thiophene rings is 1. The Balaban J connectivity index is 1.84. The van der Waals surface area contributed by atoms with Gasteiger partial charge in [0, 0.05) is 30.4 Å². The first-order chi connectivity index (χ1) is 12.0. The van der Waals surface area contributed by atoms with E-state index >= 15 is 0 Å². The fourth-order valence-electron chi connectivity index (χ4n) is 2.13. The minimum atomic E-state index is 0.402. The second kappa shape index (κ2) is 8.43. The number of hydrazone groups is 1. The Morgan fingerprint density at radius 1 is 1.16 bits per heavy atom. The van der Waals surface area contributed by atoms with Crippen LogP contribution in [0.3, 0.4) is 0 Å². The minimum absolute atomic E-state index is 0.402. The third kappa shape index (κ3) is 4.90. The maximum Gasteiger partial charge on any atom is 0.0946 e. The van der Waals surface area contributed by atoms with Crippen molar-refractivity contribution in [1.82, 2.24) is 9.55 Å². The van der Waals surface area contributed by atoms with E-state index in [2.05, 4.69) is 15.5 Å². The van der Waals surface area contributed by atoms with Crippen LogP contribution in [-0.2, 0) is 6.54 Å². The van der Waals surface area contributed by atoms with Crippen LogP contribution in [0.5, 0.6) is 0 Å². The van der Waals surface area contributed by atoms with Crippen molar-refractivity contribution >= 4 is 69.1 Å². The molecule has 1 N–H and O–H groups in total. The molecule has 9 heteroatoms. The molecule has 3 aromatic rings. The lowest BCUT2D eigenvalue weighted by Crippen LogP contribution is -2.07. The van der Waals surface area contributed by atoms with Crippen LogP contribution in [0, 0.1) is 0 Å². The van der Waals surface area contributed by atoms with Crippen molar-refractivity contribution in [2.75, 3.05) is 5.43 Å². The Hall–Kier alpha value is -1.24. The molecule has 0 fully saturated rings. The van der Waals surface area contributed by atoms with Crippen LogP contribution < -0.4 is 5.43 Å². The van der Waals surface area contributed by atoms with E-state index in [0.29, 0.717) is 31.5 Å². The molecule has 130 valence electrons. The Morgan fingerprint density at radius 2 is 1.92 bits per heavy atom. The van der Waals surface area contributed by atoms with Gasteiger partial charge in [-0.15, -0.1) is 11.3 Å². The number of rotatable bonds is 6. The normalized spacial score (nSPS) is 11.8. The van der Waals surface area contributed by atoms with Crippen molar-refractivity contribution in [3.8, 4) is 0 Å². The number of imidazole rings is 1. The standard InChI is InChI=1S/C16H12Cl4N4S/c17-10-7-11(18)16(12(19)8-10)23-22-13(14-1-2-15(20)25-14)3-5-24-6-4-21-9-24/h1-2,4,6-9,23H,3,5H2/b22-13-. The van der Waals surface area contributed by atoms with E-state index in [0.717, 1.165) is 17.1 Å².